The van der Waals surface area contributed by atoms with Crippen molar-refractivity contribution in [1.82, 2.24) is 0 Å². The lowest BCUT2D eigenvalue weighted by molar-refractivity contribution is 0.181. The minimum absolute atomic E-state index is 0.0353. The van der Waals surface area contributed by atoms with Gasteiger partial charge in [-0.25, -0.2) is 0 Å². The van der Waals surface area contributed by atoms with E-state index in [1.807, 2.05) is 0 Å². The molecule has 0 aromatic heterocycles. The van der Waals surface area contributed by atoms with Crippen LogP contribution in [0.5, 0.6) is 11.5 Å². The molecule has 3 heteroatoms. The maximum absolute atomic E-state index is 9.59. The summed E-state index contributed by atoms with van der Waals surface area (Å²) in [5.74, 6) is 0.438. The van der Waals surface area contributed by atoms with Crippen LogP contribution in [0.15, 0.2) is 30.9 Å². The van der Waals surface area contributed by atoms with Crippen LogP contribution in [0.2, 0.25) is 0 Å². The van der Waals surface area contributed by atoms with E-state index in [4.69, 9.17) is 4.74 Å². The average molecular weight is 194 g/mol. The Morgan fingerprint density at radius 2 is 2.29 bits per heavy atom. The highest BCUT2D eigenvalue weighted by Gasteiger charge is 2.08. The number of methoxy groups -OCH3 is 1. The van der Waals surface area contributed by atoms with Crippen molar-refractivity contribution in [3.63, 3.8) is 0 Å². The lowest BCUT2D eigenvalue weighted by Crippen LogP contribution is -1.95. The molecule has 0 fully saturated rings. The zero-order valence-electron chi connectivity index (χ0n) is 8.10. The van der Waals surface area contributed by atoms with Crippen molar-refractivity contribution in [3.05, 3.63) is 36.4 Å². The van der Waals surface area contributed by atoms with Gasteiger partial charge in [-0.05, 0) is 24.1 Å². The minimum atomic E-state index is -0.621. The van der Waals surface area contributed by atoms with Crippen LogP contribution in [0.25, 0.3) is 0 Å². The molecular weight excluding hydrogens is 180 g/mol. The highest BCUT2D eigenvalue weighted by Crippen LogP contribution is 2.29. The van der Waals surface area contributed by atoms with E-state index < -0.39 is 6.10 Å². The van der Waals surface area contributed by atoms with Crippen molar-refractivity contribution < 1.29 is 14.9 Å². The summed E-state index contributed by atoms with van der Waals surface area (Å²) in [6, 6.07) is 4.83. The Labute approximate surface area is 83.3 Å². The Kier molecular flexibility index (Phi) is 3.54. The molecule has 0 aliphatic heterocycles. The number of phenols is 1. The number of ether oxygens (including phenoxy) is 1. The molecule has 0 saturated heterocycles. The first kappa shape index (κ1) is 10.6. The predicted octanol–water partition coefficient (Wildman–Crippen LogP) is 2.01. The van der Waals surface area contributed by atoms with Crippen LogP contribution in [-0.4, -0.2) is 17.3 Å². The molecule has 0 bridgehead atoms. The molecule has 0 aliphatic carbocycles. The molecule has 0 saturated carbocycles. The van der Waals surface area contributed by atoms with Crippen LogP contribution in [0.3, 0.4) is 0 Å². The lowest BCUT2D eigenvalue weighted by atomic mass is 10.1. The number of aromatic hydroxyl groups is 1. The summed E-state index contributed by atoms with van der Waals surface area (Å²) in [6.07, 6.45) is 1.47. The third-order valence-electron chi connectivity index (χ3n) is 1.98. The Morgan fingerprint density at radius 3 is 2.79 bits per heavy atom. The predicted molar refractivity (Wildman–Crippen MR) is 54.4 cm³/mol. The monoisotopic (exact) mass is 194 g/mol. The van der Waals surface area contributed by atoms with E-state index in [0.29, 0.717) is 17.7 Å². The molecular formula is C11H14O3. The normalized spacial score (nSPS) is 12.1. The van der Waals surface area contributed by atoms with Gasteiger partial charge in [-0.2, -0.15) is 0 Å². The van der Waals surface area contributed by atoms with Gasteiger partial charge in [0.25, 0.3) is 0 Å². The zero-order valence-corrected chi connectivity index (χ0v) is 8.10. The topological polar surface area (TPSA) is 49.7 Å². The lowest BCUT2D eigenvalue weighted by Gasteiger charge is -2.10. The quantitative estimate of drug-likeness (QED) is 0.721. The summed E-state index contributed by atoms with van der Waals surface area (Å²) in [4.78, 5) is 0. The molecule has 0 amide bonds. The summed E-state index contributed by atoms with van der Waals surface area (Å²) in [7, 11) is 1.48. The first-order valence-electron chi connectivity index (χ1n) is 4.35. The van der Waals surface area contributed by atoms with Crippen LogP contribution in [-0.2, 0) is 0 Å². The van der Waals surface area contributed by atoms with E-state index in [-0.39, 0.29) is 5.75 Å². The van der Waals surface area contributed by atoms with Crippen LogP contribution in [0, 0.1) is 0 Å². The van der Waals surface area contributed by atoms with Gasteiger partial charge in [0.2, 0.25) is 0 Å². The van der Waals surface area contributed by atoms with Gasteiger partial charge in [0.15, 0.2) is 11.5 Å². The summed E-state index contributed by atoms with van der Waals surface area (Å²) >= 11 is 0. The van der Waals surface area contributed by atoms with Gasteiger partial charge in [0.05, 0.1) is 13.2 Å². The summed E-state index contributed by atoms with van der Waals surface area (Å²) in [5.41, 5.74) is 0.656. The van der Waals surface area contributed by atoms with E-state index in [1.54, 1.807) is 18.2 Å². The van der Waals surface area contributed by atoms with Gasteiger partial charge in [-0.3, -0.25) is 0 Å². The molecule has 1 atom stereocenters. The fourth-order valence-corrected chi connectivity index (χ4v) is 1.21. The third-order valence-corrected chi connectivity index (χ3v) is 1.98. The molecule has 1 rings (SSSR count). The second kappa shape index (κ2) is 4.67. The molecule has 76 valence electrons. The Bertz CT molecular complexity index is 320. The van der Waals surface area contributed by atoms with Gasteiger partial charge < -0.3 is 14.9 Å². The number of aliphatic hydroxyl groups is 1. The molecule has 0 aliphatic rings. The first-order chi connectivity index (χ1) is 6.69. The average Bonchev–Trinajstić information content (AvgIpc) is 2.18. The smallest absolute Gasteiger partial charge is 0.160 e. The Hall–Kier alpha value is -1.48. The zero-order chi connectivity index (χ0) is 10.6. The maximum Gasteiger partial charge on any atom is 0.160 e. The molecule has 0 radical (unpaired) electrons. The standard InChI is InChI=1S/C11H14O3/c1-3-4-9(12)8-5-6-11(14-2)10(13)7-8/h3,5-7,9,12-13H,1,4H2,2H3/t9-/m0/s1. The van der Waals surface area contributed by atoms with Gasteiger partial charge in [-0.1, -0.05) is 12.1 Å². The summed E-state index contributed by atoms with van der Waals surface area (Å²) < 4.78 is 4.89. The second-order valence-corrected chi connectivity index (χ2v) is 2.97. The number of phenolic OH excluding ortho intramolecular Hbond substituents is 1. The Balaban J connectivity index is 2.90. The van der Waals surface area contributed by atoms with E-state index >= 15 is 0 Å². The molecule has 3 nitrogen and oxygen atoms in total. The number of hydrogen-bond donors (Lipinski definition) is 2. The number of aliphatic hydroxyl groups excluding tert-OH is 1. The van der Waals surface area contributed by atoms with Gasteiger partial charge in [-0.15, -0.1) is 6.58 Å². The Morgan fingerprint density at radius 1 is 1.57 bits per heavy atom. The fourth-order valence-electron chi connectivity index (χ4n) is 1.21. The van der Waals surface area contributed by atoms with Gasteiger partial charge in [0, 0.05) is 0 Å². The van der Waals surface area contributed by atoms with E-state index in [2.05, 4.69) is 6.58 Å². The summed E-state index contributed by atoms with van der Waals surface area (Å²) in [5, 5.41) is 19.0. The minimum Gasteiger partial charge on any atom is -0.504 e. The number of hydrogen-bond acceptors (Lipinski definition) is 3. The van der Waals surface area contributed by atoms with E-state index in [9.17, 15) is 10.2 Å². The van der Waals surface area contributed by atoms with Crippen molar-refractivity contribution in [2.75, 3.05) is 7.11 Å². The highest BCUT2D eigenvalue weighted by atomic mass is 16.5. The first-order valence-corrected chi connectivity index (χ1v) is 4.35. The van der Waals surface area contributed by atoms with Gasteiger partial charge >= 0.3 is 0 Å². The van der Waals surface area contributed by atoms with Crippen molar-refractivity contribution in [2.24, 2.45) is 0 Å². The van der Waals surface area contributed by atoms with Crippen molar-refractivity contribution >= 4 is 0 Å². The second-order valence-electron chi connectivity index (χ2n) is 2.97. The molecule has 0 heterocycles. The molecule has 2 N–H and O–H groups in total. The van der Waals surface area contributed by atoms with Crippen molar-refractivity contribution in [2.45, 2.75) is 12.5 Å². The molecule has 0 unspecified atom stereocenters. The van der Waals surface area contributed by atoms with Crippen LogP contribution in [0.1, 0.15) is 18.1 Å². The fraction of sp³-hybridized carbons (Fsp3) is 0.273. The van der Waals surface area contributed by atoms with Crippen molar-refractivity contribution in [3.8, 4) is 11.5 Å². The molecule has 0 spiro atoms. The molecule has 1 aromatic carbocycles. The van der Waals surface area contributed by atoms with E-state index in [1.165, 1.54) is 13.2 Å². The third kappa shape index (κ3) is 2.26. The SMILES string of the molecule is C=CC[C@H](O)c1ccc(OC)c(O)c1. The molecule has 14 heavy (non-hydrogen) atoms. The van der Waals surface area contributed by atoms with Crippen molar-refractivity contribution in [1.29, 1.82) is 0 Å². The van der Waals surface area contributed by atoms with Crippen LogP contribution < -0.4 is 4.74 Å². The molecule has 1 aromatic rings. The van der Waals surface area contributed by atoms with Crippen LogP contribution >= 0.6 is 0 Å². The van der Waals surface area contributed by atoms with Crippen LogP contribution in [0.4, 0.5) is 0 Å². The van der Waals surface area contributed by atoms with Gasteiger partial charge in [0.1, 0.15) is 0 Å². The highest BCUT2D eigenvalue weighted by molar-refractivity contribution is 5.42. The largest absolute Gasteiger partial charge is 0.504 e. The number of benzene rings is 1. The van der Waals surface area contributed by atoms with E-state index in [0.717, 1.165) is 0 Å². The maximum atomic E-state index is 9.59. The number of rotatable bonds is 4. The summed E-state index contributed by atoms with van der Waals surface area (Å²) in [6.45, 7) is 3.54.